The Morgan fingerprint density at radius 3 is 3.07 bits per heavy atom. The van der Waals surface area contributed by atoms with Gasteiger partial charge in [0.2, 0.25) is 0 Å². The van der Waals surface area contributed by atoms with Crippen LogP contribution in [0.5, 0.6) is 0 Å². The number of carbonyl (C=O) groups excluding carboxylic acids is 1. The van der Waals surface area contributed by atoms with Gasteiger partial charge in [-0.15, -0.1) is 0 Å². The van der Waals surface area contributed by atoms with Gasteiger partial charge in [-0.25, -0.2) is 0 Å². The minimum atomic E-state index is -0.0920. The van der Waals surface area contributed by atoms with Crippen molar-refractivity contribution in [3.05, 3.63) is 23.0 Å². The molecule has 0 aromatic carbocycles. The van der Waals surface area contributed by atoms with E-state index in [1.807, 2.05) is 0 Å². The summed E-state index contributed by atoms with van der Waals surface area (Å²) in [6, 6.07) is 1.86. The Balaban J connectivity index is 1.95. The number of aromatic amines is 1. The number of amides is 1. The van der Waals surface area contributed by atoms with Crippen molar-refractivity contribution in [2.75, 3.05) is 13.1 Å². The van der Waals surface area contributed by atoms with Gasteiger partial charge in [-0.3, -0.25) is 4.79 Å². The molecule has 1 aliphatic rings. The van der Waals surface area contributed by atoms with Crippen LogP contribution in [-0.4, -0.2) is 30.0 Å². The van der Waals surface area contributed by atoms with Gasteiger partial charge in [-0.2, -0.15) is 0 Å². The maximum Gasteiger partial charge on any atom is 0.268 e. The van der Waals surface area contributed by atoms with Crippen molar-refractivity contribution in [2.24, 2.45) is 0 Å². The Hall–Kier alpha value is -1.00. The number of aromatic nitrogens is 1. The fourth-order valence-electron chi connectivity index (χ4n) is 1.54. The molecule has 14 heavy (non-hydrogen) atoms. The molecule has 0 aliphatic carbocycles. The highest BCUT2D eigenvalue weighted by molar-refractivity contribution is 6.30. The molecule has 1 unspecified atom stereocenters. The van der Waals surface area contributed by atoms with Crippen LogP contribution in [0.3, 0.4) is 0 Å². The van der Waals surface area contributed by atoms with Crippen molar-refractivity contribution in [2.45, 2.75) is 12.5 Å². The lowest BCUT2D eigenvalue weighted by Crippen LogP contribution is -2.36. The minimum absolute atomic E-state index is 0.0920. The van der Waals surface area contributed by atoms with Gasteiger partial charge in [0.25, 0.3) is 5.91 Å². The van der Waals surface area contributed by atoms with Gasteiger partial charge in [0.1, 0.15) is 5.69 Å². The molecule has 1 aliphatic heterocycles. The average Bonchev–Trinajstić information content (AvgIpc) is 2.75. The zero-order chi connectivity index (χ0) is 9.97. The summed E-state index contributed by atoms with van der Waals surface area (Å²) in [6.07, 6.45) is 2.59. The Bertz CT molecular complexity index is 331. The minimum Gasteiger partial charge on any atom is -0.356 e. The third kappa shape index (κ3) is 2.08. The Morgan fingerprint density at radius 2 is 2.50 bits per heavy atom. The molecule has 0 saturated carbocycles. The molecule has 1 aromatic rings. The second-order valence-corrected chi connectivity index (χ2v) is 3.83. The highest BCUT2D eigenvalue weighted by atomic mass is 35.5. The highest BCUT2D eigenvalue weighted by Crippen LogP contribution is 2.09. The Labute approximate surface area is 87.0 Å². The molecule has 2 rings (SSSR count). The van der Waals surface area contributed by atoms with Crippen molar-refractivity contribution in [3.8, 4) is 0 Å². The molecule has 1 saturated heterocycles. The van der Waals surface area contributed by atoms with E-state index in [-0.39, 0.29) is 11.9 Å². The van der Waals surface area contributed by atoms with E-state index in [4.69, 9.17) is 11.6 Å². The van der Waals surface area contributed by atoms with Gasteiger partial charge in [-0.1, -0.05) is 11.6 Å². The van der Waals surface area contributed by atoms with Crippen LogP contribution in [0.2, 0.25) is 5.02 Å². The van der Waals surface area contributed by atoms with Crippen molar-refractivity contribution in [3.63, 3.8) is 0 Å². The summed E-state index contributed by atoms with van der Waals surface area (Å²) in [4.78, 5) is 14.4. The largest absolute Gasteiger partial charge is 0.356 e. The second kappa shape index (κ2) is 4.02. The number of carbonyl (C=O) groups is 1. The maximum absolute atomic E-state index is 11.6. The molecule has 4 nitrogen and oxygen atoms in total. The van der Waals surface area contributed by atoms with Gasteiger partial charge in [-0.05, 0) is 19.0 Å². The van der Waals surface area contributed by atoms with Gasteiger partial charge in [0.05, 0.1) is 5.02 Å². The predicted octanol–water partition coefficient (Wildman–Crippen LogP) is 0.760. The molecule has 1 aromatic heterocycles. The number of H-pyrrole nitrogens is 1. The number of hydrogen-bond donors (Lipinski definition) is 3. The van der Waals surface area contributed by atoms with Gasteiger partial charge >= 0.3 is 0 Å². The zero-order valence-corrected chi connectivity index (χ0v) is 8.40. The maximum atomic E-state index is 11.6. The van der Waals surface area contributed by atoms with Crippen molar-refractivity contribution in [1.82, 2.24) is 15.6 Å². The first kappa shape index (κ1) is 9.55. The van der Waals surface area contributed by atoms with E-state index < -0.39 is 0 Å². The molecule has 1 atom stereocenters. The van der Waals surface area contributed by atoms with Gasteiger partial charge in [0, 0.05) is 18.8 Å². The van der Waals surface area contributed by atoms with E-state index >= 15 is 0 Å². The van der Waals surface area contributed by atoms with Gasteiger partial charge in [0.15, 0.2) is 0 Å². The molecule has 0 radical (unpaired) electrons. The van der Waals surface area contributed by atoms with Crippen LogP contribution in [-0.2, 0) is 0 Å². The van der Waals surface area contributed by atoms with E-state index in [0.29, 0.717) is 10.7 Å². The fraction of sp³-hybridized carbons (Fsp3) is 0.444. The number of halogens is 1. The average molecular weight is 214 g/mol. The molecule has 3 N–H and O–H groups in total. The van der Waals surface area contributed by atoms with E-state index in [1.165, 1.54) is 0 Å². The van der Waals surface area contributed by atoms with E-state index in [2.05, 4.69) is 15.6 Å². The van der Waals surface area contributed by atoms with Crippen LogP contribution in [0.25, 0.3) is 0 Å². The van der Waals surface area contributed by atoms with Crippen LogP contribution in [0.1, 0.15) is 16.9 Å². The molecule has 76 valence electrons. The molecule has 5 heteroatoms. The quantitative estimate of drug-likeness (QED) is 0.680. The van der Waals surface area contributed by atoms with Gasteiger partial charge < -0.3 is 15.6 Å². The monoisotopic (exact) mass is 213 g/mol. The van der Waals surface area contributed by atoms with E-state index in [9.17, 15) is 4.79 Å². The lowest BCUT2D eigenvalue weighted by atomic mass is 10.2. The molecule has 0 bridgehead atoms. The highest BCUT2D eigenvalue weighted by Gasteiger charge is 2.17. The second-order valence-electron chi connectivity index (χ2n) is 3.39. The summed E-state index contributed by atoms with van der Waals surface area (Å²) in [7, 11) is 0. The molecular weight excluding hydrogens is 202 g/mol. The topological polar surface area (TPSA) is 56.9 Å². The number of rotatable bonds is 2. The summed E-state index contributed by atoms with van der Waals surface area (Å²) in [6.45, 7) is 1.82. The molecule has 2 heterocycles. The fourth-order valence-corrected chi connectivity index (χ4v) is 1.70. The lowest BCUT2D eigenvalue weighted by Gasteiger charge is -2.09. The standard InChI is InChI=1S/C9H12ClN3O/c10-6-3-8(12-4-6)9(14)13-7-1-2-11-5-7/h3-4,7,11-12H,1-2,5H2,(H,13,14). The van der Waals surface area contributed by atoms with Crippen molar-refractivity contribution in [1.29, 1.82) is 0 Å². The van der Waals surface area contributed by atoms with Crippen LogP contribution in [0.15, 0.2) is 12.3 Å². The molecule has 1 amide bonds. The number of hydrogen-bond acceptors (Lipinski definition) is 2. The van der Waals surface area contributed by atoms with Crippen molar-refractivity contribution >= 4 is 17.5 Å². The molecule has 0 spiro atoms. The predicted molar refractivity (Wildman–Crippen MR) is 54.5 cm³/mol. The normalized spacial score (nSPS) is 21.1. The lowest BCUT2D eigenvalue weighted by molar-refractivity contribution is 0.0935. The summed E-state index contributed by atoms with van der Waals surface area (Å²) in [5, 5.41) is 6.66. The summed E-state index contributed by atoms with van der Waals surface area (Å²) in [5.74, 6) is -0.0920. The third-order valence-corrected chi connectivity index (χ3v) is 2.51. The van der Waals surface area contributed by atoms with Crippen LogP contribution in [0, 0.1) is 0 Å². The molecular formula is C9H12ClN3O. The zero-order valence-electron chi connectivity index (χ0n) is 7.64. The first-order chi connectivity index (χ1) is 6.75. The summed E-state index contributed by atoms with van der Waals surface area (Å²) < 4.78 is 0. The van der Waals surface area contributed by atoms with Crippen LogP contribution < -0.4 is 10.6 Å². The van der Waals surface area contributed by atoms with E-state index in [0.717, 1.165) is 19.5 Å². The molecule has 1 fully saturated rings. The first-order valence-corrected chi connectivity index (χ1v) is 4.99. The smallest absolute Gasteiger partial charge is 0.268 e. The van der Waals surface area contributed by atoms with E-state index in [1.54, 1.807) is 12.3 Å². The third-order valence-electron chi connectivity index (χ3n) is 2.29. The first-order valence-electron chi connectivity index (χ1n) is 4.61. The number of nitrogens with one attached hydrogen (secondary N) is 3. The van der Waals surface area contributed by atoms with Crippen LogP contribution in [0.4, 0.5) is 0 Å². The Kier molecular flexibility index (Phi) is 2.74. The van der Waals surface area contributed by atoms with Crippen molar-refractivity contribution < 1.29 is 4.79 Å². The van der Waals surface area contributed by atoms with Crippen LogP contribution >= 0.6 is 11.6 Å². The summed E-state index contributed by atoms with van der Waals surface area (Å²) >= 11 is 5.70. The SMILES string of the molecule is O=C(NC1CCNC1)c1cc(Cl)c[nH]1. The Morgan fingerprint density at radius 1 is 1.64 bits per heavy atom. The summed E-state index contributed by atoms with van der Waals surface area (Å²) in [5.41, 5.74) is 0.516.